The lowest BCUT2D eigenvalue weighted by Gasteiger charge is -2.29. The zero-order valence-electron chi connectivity index (χ0n) is 13.1. The number of hydrogen-bond acceptors (Lipinski definition) is 4. The second kappa shape index (κ2) is 7.20. The molecule has 2 atom stereocenters. The van der Waals surface area contributed by atoms with E-state index in [4.69, 9.17) is 9.47 Å². The second-order valence-electron chi connectivity index (χ2n) is 6.14. The Morgan fingerprint density at radius 2 is 2.36 bits per heavy atom. The van der Waals surface area contributed by atoms with Gasteiger partial charge in [-0.05, 0) is 44.2 Å². The van der Waals surface area contributed by atoms with Gasteiger partial charge in [-0.15, -0.1) is 0 Å². The van der Waals surface area contributed by atoms with Crippen molar-refractivity contribution >= 4 is 5.91 Å². The Balaban J connectivity index is 1.55. The summed E-state index contributed by atoms with van der Waals surface area (Å²) in [5, 5.41) is 0. The quantitative estimate of drug-likeness (QED) is 0.776. The number of aromatic nitrogens is 1. The molecule has 3 rings (SSSR count). The third kappa shape index (κ3) is 3.84. The van der Waals surface area contributed by atoms with Crippen molar-refractivity contribution in [2.45, 2.75) is 50.8 Å². The van der Waals surface area contributed by atoms with Crippen molar-refractivity contribution in [3.63, 3.8) is 0 Å². The van der Waals surface area contributed by atoms with Gasteiger partial charge in [-0.3, -0.25) is 9.78 Å². The fraction of sp³-hybridized carbons (Fsp3) is 0.647. The molecular weight excluding hydrogens is 280 g/mol. The van der Waals surface area contributed by atoms with Crippen LogP contribution in [0.25, 0.3) is 0 Å². The molecule has 2 heterocycles. The summed E-state index contributed by atoms with van der Waals surface area (Å²) < 4.78 is 11.1. The first-order valence-corrected chi connectivity index (χ1v) is 8.16. The van der Waals surface area contributed by atoms with Crippen molar-refractivity contribution in [2.24, 2.45) is 0 Å². The average molecular weight is 304 g/mol. The average Bonchev–Trinajstić information content (AvgIpc) is 3.23. The van der Waals surface area contributed by atoms with Crippen molar-refractivity contribution in [3.8, 4) is 0 Å². The number of pyridine rings is 1. The van der Waals surface area contributed by atoms with Crippen molar-refractivity contribution in [1.29, 1.82) is 0 Å². The maximum atomic E-state index is 12.6. The van der Waals surface area contributed by atoms with Gasteiger partial charge in [0.15, 0.2) is 0 Å². The van der Waals surface area contributed by atoms with Crippen molar-refractivity contribution in [2.75, 3.05) is 19.8 Å². The molecule has 0 N–H and O–H groups in total. The summed E-state index contributed by atoms with van der Waals surface area (Å²) in [5.41, 5.74) is 1.07. The Morgan fingerprint density at radius 3 is 3.00 bits per heavy atom. The molecule has 1 saturated carbocycles. The lowest BCUT2D eigenvalue weighted by molar-refractivity contribution is -0.140. The highest BCUT2D eigenvalue weighted by atomic mass is 16.5. The van der Waals surface area contributed by atoms with Gasteiger partial charge < -0.3 is 14.4 Å². The summed E-state index contributed by atoms with van der Waals surface area (Å²) in [6, 6.07) is 4.33. The molecule has 1 aliphatic heterocycles. The Labute approximate surface area is 131 Å². The molecule has 1 saturated heterocycles. The monoisotopic (exact) mass is 304 g/mol. The molecule has 5 heteroatoms. The standard InChI is InChI=1S/C17H24N2O3/c1-13(14-4-2-8-18-10-14)19(15-6-7-15)17(20)12-21-11-16-5-3-9-22-16/h2,4,8,10,13,15-16H,3,5-7,9,11-12H2,1H3. The van der Waals surface area contributed by atoms with Crippen LogP contribution >= 0.6 is 0 Å². The second-order valence-corrected chi connectivity index (χ2v) is 6.14. The fourth-order valence-electron chi connectivity index (χ4n) is 3.00. The van der Waals surface area contributed by atoms with Gasteiger partial charge in [0, 0.05) is 25.0 Å². The lowest BCUT2D eigenvalue weighted by Crippen LogP contribution is -2.38. The molecule has 1 aromatic rings. The van der Waals surface area contributed by atoms with Crippen molar-refractivity contribution in [3.05, 3.63) is 30.1 Å². The summed E-state index contributed by atoms with van der Waals surface area (Å²) in [4.78, 5) is 18.7. The number of amides is 1. The van der Waals surface area contributed by atoms with E-state index < -0.39 is 0 Å². The first kappa shape index (κ1) is 15.4. The van der Waals surface area contributed by atoms with Gasteiger partial charge in [-0.1, -0.05) is 6.07 Å². The van der Waals surface area contributed by atoms with Crippen LogP contribution < -0.4 is 0 Å². The molecule has 0 spiro atoms. The maximum Gasteiger partial charge on any atom is 0.249 e. The lowest BCUT2D eigenvalue weighted by atomic mass is 10.1. The van der Waals surface area contributed by atoms with E-state index in [2.05, 4.69) is 11.9 Å². The Bertz CT molecular complexity index is 484. The van der Waals surface area contributed by atoms with Crippen LogP contribution in [0.5, 0.6) is 0 Å². The molecule has 2 fully saturated rings. The largest absolute Gasteiger partial charge is 0.376 e. The van der Waals surface area contributed by atoms with Gasteiger partial charge in [0.25, 0.3) is 0 Å². The zero-order chi connectivity index (χ0) is 15.4. The third-order valence-corrected chi connectivity index (χ3v) is 4.37. The minimum atomic E-state index is 0.0417. The number of carbonyl (C=O) groups excluding carboxylic acids is 1. The van der Waals surface area contributed by atoms with Gasteiger partial charge in [0.05, 0.1) is 18.8 Å². The number of ether oxygens (including phenoxy) is 2. The van der Waals surface area contributed by atoms with Gasteiger partial charge in [0.2, 0.25) is 5.91 Å². The molecule has 2 unspecified atom stereocenters. The SMILES string of the molecule is CC(c1cccnc1)N(C(=O)COCC1CCCO1)C1CC1. The molecule has 120 valence electrons. The van der Waals surface area contributed by atoms with Crippen LogP contribution in [0.15, 0.2) is 24.5 Å². The van der Waals surface area contributed by atoms with E-state index in [1.54, 1.807) is 6.20 Å². The van der Waals surface area contributed by atoms with E-state index in [0.29, 0.717) is 12.6 Å². The number of hydrogen-bond donors (Lipinski definition) is 0. The molecule has 0 radical (unpaired) electrons. The summed E-state index contributed by atoms with van der Waals surface area (Å²) in [7, 11) is 0. The predicted molar refractivity (Wildman–Crippen MR) is 82.3 cm³/mol. The molecule has 1 amide bonds. The first-order valence-electron chi connectivity index (χ1n) is 8.16. The van der Waals surface area contributed by atoms with E-state index in [-0.39, 0.29) is 24.7 Å². The fourth-order valence-corrected chi connectivity index (χ4v) is 3.00. The van der Waals surface area contributed by atoms with Gasteiger partial charge in [0.1, 0.15) is 6.61 Å². The molecule has 0 bridgehead atoms. The van der Waals surface area contributed by atoms with Crippen LogP contribution in [0, 0.1) is 0 Å². The Morgan fingerprint density at radius 1 is 1.50 bits per heavy atom. The van der Waals surface area contributed by atoms with Gasteiger partial charge in [-0.25, -0.2) is 0 Å². The summed E-state index contributed by atoms with van der Waals surface area (Å²) in [6.07, 6.45) is 8.05. The molecule has 2 aliphatic rings. The zero-order valence-corrected chi connectivity index (χ0v) is 13.1. The number of carbonyl (C=O) groups is 1. The van der Waals surface area contributed by atoms with Crippen molar-refractivity contribution in [1.82, 2.24) is 9.88 Å². The predicted octanol–water partition coefficient (Wildman–Crippen LogP) is 2.33. The first-order chi connectivity index (χ1) is 10.8. The van der Waals surface area contributed by atoms with E-state index in [1.807, 2.05) is 23.2 Å². The molecule has 0 aromatic carbocycles. The molecular formula is C17H24N2O3. The summed E-state index contributed by atoms with van der Waals surface area (Å²) >= 11 is 0. The Hall–Kier alpha value is -1.46. The van der Waals surface area contributed by atoms with Crippen LogP contribution in [-0.4, -0.2) is 47.8 Å². The van der Waals surface area contributed by atoms with Crippen LogP contribution in [0.3, 0.4) is 0 Å². The smallest absolute Gasteiger partial charge is 0.249 e. The van der Waals surface area contributed by atoms with Crippen molar-refractivity contribution < 1.29 is 14.3 Å². The van der Waals surface area contributed by atoms with Crippen LogP contribution in [-0.2, 0) is 14.3 Å². The minimum absolute atomic E-state index is 0.0417. The maximum absolute atomic E-state index is 12.6. The van der Waals surface area contributed by atoms with Gasteiger partial charge in [-0.2, -0.15) is 0 Å². The summed E-state index contributed by atoms with van der Waals surface area (Å²) in [5.74, 6) is 0.0665. The van der Waals surface area contributed by atoms with E-state index in [1.165, 1.54) is 0 Å². The minimum Gasteiger partial charge on any atom is -0.376 e. The molecule has 22 heavy (non-hydrogen) atoms. The normalized spacial score (nSPS) is 22.5. The number of rotatable bonds is 7. The van der Waals surface area contributed by atoms with Crippen LogP contribution in [0.2, 0.25) is 0 Å². The van der Waals surface area contributed by atoms with Crippen LogP contribution in [0.1, 0.15) is 44.2 Å². The third-order valence-electron chi connectivity index (χ3n) is 4.37. The number of nitrogens with zero attached hydrogens (tertiary/aromatic N) is 2. The highest BCUT2D eigenvalue weighted by Crippen LogP contribution is 2.34. The highest BCUT2D eigenvalue weighted by molar-refractivity contribution is 5.78. The molecule has 1 aliphatic carbocycles. The van der Waals surface area contributed by atoms with E-state index in [9.17, 15) is 4.79 Å². The molecule has 5 nitrogen and oxygen atoms in total. The van der Waals surface area contributed by atoms with E-state index >= 15 is 0 Å². The van der Waals surface area contributed by atoms with Gasteiger partial charge >= 0.3 is 0 Å². The Kier molecular flexibility index (Phi) is 5.05. The molecule has 1 aromatic heterocycles. The topological polar surface area (TPSA) is 51.7 Å². The summed E-state index contributed by atoms with van der Waals surface area (Å²) in [6.45, 7) is 3.54. The van der Waals surface area contributed by atoms with Crippen LogP contribution in [0.4, 0.5) is 0 Å². The van der Waals surface area contributed by atoms with E-state index in [0.717, 1.165) is 37.9 Å². The highest BCUT2D eigenvalue weighted by Gasteiger charge is 2.36.